The Morgan fingerprint density at radius 3 is 2.76 bits per heavy atom. The van der Waals surface area contributed by atoms with Gasteiger partial charge in [-0.2, -0.15) is 0 Å². The highest BCUT2D eigenvalue weighted by Crippen LogP contribution is 2.17. The van der Waals surface area contributed by atoms with Crippen LogP contribution in [0.25, 0.3) is 0 Å². The number of amides is 1. The predicted molar refractivity (Wildman–Crippen MR) is 93.0 cm³/mol. The second-order valence-electron chi connectivity index (χ2n) is 6.30. The maximum Gasteiger partial charge on any atom is 0.260 e. The minimum atomic E-state index is -0.382. The summed E-state index contributed by atoms with van der Waals surface area (Å²) in [5.74, 6) is -0.138. The molecule has 2 aromatic carbocycles. The van der Waals surface area contributed by atoms with Gasteiger partial charge in [0, 0.05) is 25.6 Å². The fourth-order valence-corrected chi connectivity index (χ4v) is 3.03. The van der Waals surface area contributed by atoms with Gasteiger partial charge < -0.3 is 14.4 Å². The van der Waals surface area contributed by atoms with Crippen LogP contribution in [0.15, 0.2) is 54.6 Å². The number of morpholine rings is 1. The van der Waals surface area contributed by atoms with Crippen molar-refractivity contribution >= 4 is 5.91 Å². The quantitative estimate of drug-likeness (QED) is 0.837. The summed E-state index contributed by atoms with van der Waals surface area (Å²) in [6.45, 7) is 2.93. The van der Waals surface area contributed by atoms with Crippen LogP contribution in [-0.2, 0) is 16.0 Å². The highest BCUT2D eigenvalue weighted by atomic mass is 19.1. The molecule has 2 atom stereocenters. The number of rotatable bonds is 5. The molecule has 2 unspecified atom stereocenters. The Balaban J connectivity index is 1.56. The Bertz CT molecular complexity index is 707. The molecule has 4 nitrogen and oxygen atoms in total. The zero-order chi connectivity index (χ0) is 17.6. The Morgan fingerprint density at radius 2 is 2.00 bits per heavy atom. The summed E-state index contributed by atoms with van der Waals surface area (Å²) in [5, 5.41) is 0. The van der Waals surface area contributed by atoms with E-state index >= 15 is 0 Å². The zero-order valence-electron chi connectivity index (χ0n) is 14.2. The van der Waals surface area contributed by atoms with E-state index < -0.39 is 0 Å². The van der Waals surface area contributed by atoms with Gasteiger partial charge in [-0.15, -0.1) is 0 Å². The van der Waals surface area contributed by atoms with E-state index in [2.05, 4.69) is 12.1 Å². The van der Waals surface area contributed by atoms with Crippen molar-refractivity contribution in [1.29, 1.82) is 0 Å². The van der Waals surface area contributed by atoms with Crippen LogP contribution in [0, 0.1) is 5.82 Å². The summed E-state index contributed by atoms with van der Waals surface area (Å²) in [4.78, 5) is 14.2. The number of hydrogen-bond donors (Lipinski definition) is 0. The zero-order valence-corrected chi connectivity index (χ0v) is 14.2. The van der Waals surface area contributed by atoms with Crippen LogP contribution in [0.4, 0.5) is 4.39 Å². The molecule has 25 heavy (non-hydrogen) atoms. The van der Waals surface area contributed by atoms with Crippen LogP contribution in [0.1, 0.15) is 12.5 Å². The molecule has 0 saturated carbocycles. The molecule has 0 aliphatic carbocycles. The molecule has 0 spiro atoms. The largest absolute Gasteiger partial charge is 0.484 e. The molecule has 1 fully saturated rings. The number of halogens is 1. The van der Waals surface area contributed by atoms with E-state index in [1.165, 1.54) is 17.7 Å². The highest BCUT2D eigenvalue weighted by Gasteiger charge is 2.28. The summed E-state index contributed by atoms with van der Waals surface area (Å²) in [6, 6.07) is 15.9. The minimum Gasteiger partial charge on any atom is -0.484 e. The van der Waals surface area contributed by atoms with E-state index in [1.807, 2.05) is 25.1 Å². The van der Waals surface area contributed by atoms with Crippen LogP contribution in [-0.4, -0.2) is 42.7 Å². The average Bonchev–Trinajstić information content (AvgIpc) is 2.60. The molecule has 1 aliphatic rings. The maximum absolute atomic E-state index is 13.2. The van der Waals surface area contributed by atoms with Crippen molar-refractivity contribution in [1.82, 2.24) is 4.90 Å². The lowest BCUT2D eigenvalue weighted by Gasteiger charge is -2.37. The lowest BCUT2D eigenvalue weighted by Crippen LogP contribution is -2.51. The van der Waals surface area contributed by atoms with E-state index in [-0.39, 0.29) is 30.5 Å². The summed E-state index contributed by atoms with van der Waals surface area (Å²) in [7, 11) is 0. The van der Waals surface area contributed by atoms with E-state index in [0.29, 0.717) is 18.8 Å². The molecule has 2 aromatic rings. The molecular formula is C20H22FNO3. The lowest BCUT2D eigenvalue weighted by atomic mass is 10.1. The number of carbonyl (C=O) groups is 1. The molecule has 5 heteroatoms. The van der Waals surface area contributed by atoms with Gasteiger partial charge in [-0.05, 0) is 24.6 Å². The molecule has 0 bridgehead atoms. The molecule has 3 rings (SSSR count). The number of benzene rings is 2. The first-order valence-corrected chi connectivity index (χ1v) is 8.45. The third-order valence-corrected chi connectivity index (χ3v) is 4.14. The molecule has 1 aliphatic heterocycles. The molecule has 1 saturated heterocycles. The van der Waals surface area contributed by atoms with Crippen LogP contribution in [0.5, 0.6) is 5.75 Å². The summed E-state index contributed by atoms with van der Waals surface area (Å²) < 4.78 is 24.5. The van der Waals surface area contributed by atoms with E-state index in [4.69, 9.17) is 9.47 Å². The smallest absolute Gasteiger partial charge is 0.260 e. The normalized spacial score (nSPS) is 20.3. The maximum atomic E-state index is 13.2. The molecule has 0 N–H and O–H groups in total. The van der Waals surface area contributed by atoms with Gasteiger partial charge in [-0.25, -0.2) is 4.39 Å². The fraction of sp³-hybridized carbons (Fsp3) is 0.350. The van der Waals surface area contributed by atoms with Crippen molar-refractivity contribution < 1.29 is 18.7 Å². The van der Waals surface area contributed by atoms with Crippen molar-refractivity contribution in [2.24, 2.45) is 0 Å². The monoisotopic (exact) mass is 343 g/mol. The second kappa shape index (κ2) is 8.12. The summed E-state index contributed by atoms with van der Waals surface area (Å²) >= 11 is 0. The van der Waals surface area contributed by atoms with Gasteiger partial charge in [-0.3, -0.25) is 4.79 Å². The topological polar surface area (TPSA) is 38.8 Å². The van der Waals surface area contributed by atoms with Crippen molar-refractivity contribution in [3.8, 4) is 5.75 Å². The SMILES string of the molecule is CC1CN(C(=O)COc2cccc(F)c2)CC(Cc2ccccc2)O1. The van der Waals surface area contributed by atoms with E-state index in [0.717, 1.165) is 6.42 Å². The van der Waals surface area contributed by atoms with Crippen molar-refractivity contribution in [2.75, 3.05) is 19.7 Å². The third-order valence-electron chi connectivity index (χ3n) is 4.14. The molecule has 0 aromatic heterocycles. The highest BCUT2D eigenvalue weighted by molar-refractivity contribution is 5.78. The standard InChI is InChI=1S/C20H22FNO3/c1-15-12-22(13-19(25-15)10-16-6-3-2-4-7-16)20(23)14-24-18-9-5-8-17(21)11-18/h2-9,11,15,19H,10,12-14H2,1H3. The van der Waals surface area contributed by atoms with Gasteiger partial charge in [0.25, 0.3) is 5.91 Å². The Labute approximate surface area is 147 Å². The first kappa shape index (κ1) is 17.4. The number of hydrogen-bond acceptors (Lipinski definition) is 3. The number of carbonyl (C=O) groups excluding carboxylic acids is 1. The summed E-state index contributed by atoms with van der Waals surface area (Å²) in [6.07, 6.45) is 0.699. The van der Waals surface area contributed by atoms with Crippen molar-refractivity contribution in [3.63, 3.8) is 0 Å². The first-order chi connectivity index (χ1) is 12.1. The van der Waals surface area contributed by atoms with Gasteiger partial charge in [0.05, 0.1) is 12.2 Å². The van der Waals surface area contributed by atoms with Gasteiger partial charge in [0.2, 0.25) is 0 Å². The number of nitrogens with zero attached hydrogens (tertiary/aromatic N) is 1. The minimum absolute atomic E-state index is 0.0272. The molecule has 1 heterocycles. The molecule has 1 amide bonds. The van der Waals surface area contributed by atoms with Crippen LogP contribution in [0.2, 0.25) is 0 Å². The van der Waals surface area contributed by atoms with Crippen LogP contribution in [0.3, 0.4) is 0 Å². The van der Waals surface area contributed by atoms with Crippen LogP contribution < -0.4 is 4.74 Å². The van der Waals surface area contributed by atoms with Gasteiger partial charge >= 0.3 is 0 Å². The van der Waals surface area contributed by atoms with Crippen molar-refractivity contribution in [3.05, 3.63) is 66.0 Å². The van der Waals surface area contributed by atoms with Crippen molar-refractivity contribution in [2.45, 2.75) is 25.6 Å². The Morgan fingerprint density at radius 1 is 1.20 bits per heavy atom. The lowest BCUT2D eigenvalue weighted by molar-refractivity contribution is -0.146. The Hall–Kier alpha value is -2.40. The number of ether oxygens (including phenoxy) is 2. The van der Waals surface area contributed by atoms with Gasteiger partial charge in [0.1, 0.15) is 11.6 Å². The molecular weight excluding hydrogens is 321 g/mol. The summed E-state index contributed by atoms with van der Waals surface area (Å²) in [5.41, 5.74) is 1.19. The molecule has 132 valence electrons. The third kappa shape index (κ3) is 5.03. The van der Waals surface area contributed by atoms with E-state index in [1.54, 1.807) is 17.0 Å². The van der Waals surface area contributed by atoms with Gasteiger partial charge in [0.15, 0.2) is 6.61 Å². The average molecular weight is 343 g/mol. The Kier molecular flexibility index (Phi) is 5.66. The first-order valence-electron chi connectivity index (χ1n) is 8.45. The fourth-order valence-electron chi connectivity index (χ4n) is 3.03. The van der Waals surface area contributed by atoms with Crippen LogP contribution >= 0.6 is 0 Å². The van der Waals surface area contributed by atoms with E-state index in [9.17, 15) is 9.18 Å². The predicted octanol–water partition coefficient (Wildman–Crippen LogP) is 3.06. The second-order valence-corrected chi connectivity index (χ2v) is 6.30. The van der Waals surface area contributed by atoms with Gasteiger partial charge in [-0.1, -0.05) is 36.4 Å². The molecule has 0 radical (unpaired) electrons.